The van der Waals surface area contributed by atoms with E-state index in [9.17, 15) is 9.59 Å². The van der Waals surface area contributed by atoms with E-state index in [-0.39, 0.29) is 24.2 Å². The fourth-order valence-electron chi connectivity index (χ4n) is 2.50. The lowest BCUT2D eigenvalue weighted by atomic mass is 10.1. The Balaban J connectivity index is 1.70. The third-order valence-electron chi connectivity index (χ3n) is 3.61. The van der Waals surface area contributed by atoms with Gasteiger partial charge in [-0.25, -0.2) is 9.97 Å². The molecule has 2 heterocycles. The summed E-state index contributed by atoms with van der Waals surface area (Å²) in [6, 6.07) is 9.38. The number of benzene rings is 1. The number of hydrogen-bond acceptors (Lipinski definition) is 4. The van der Waals surface area contributed by atoms with Crippen molar-refractivity contribution in [2.75, 3.05) is 16.8 Å². The van der Waals surface area contributed by atoms with Gasteiger partial charge in [0.15, 0.2) is 0 Å². The van der Waals surface area contributed by atoms with Crippen LogP contribution in [0.3, 0.4) is 0 Å². The second-order valence-electron chi connectivity index (χ2n) is 5.31. The summed E-state index contributed by atoms with van der Waals surface area (Å²) in [5.41, 5.74) is 1.91. The van der Waals surface area contributed by atoms with Crippen LogP contribution in [0.25, 0.3) is 0 Å². The van der Waals surface area contributed by atoms with Crippen LogP contribution >= 0.6 is 0 Å². The molecule has 0 radical (unpaired) electrons. The normalized spacial score (nSPS) is 17.6. The first-order valence-corrected chi connectivity index (χ1v) is 7.08. The maximum atomic E-state index is 12.2. The summed E-state index contributed by atoms with van der Waals surface area (Å²) >= 11 is 0. The van der Waals surface area contributed by atoms with E-state index in [0.717, 1.165) is 11.3 Å². The molecule has 2 aromatic rings. The molecule has 0 saturated carbocycles. The Bertz CT molecular complexity index is 702. The van der Waals surface area contributed by atoms with Gasteiger partial charge in [0.1, 0.15) is 0 Å². The largest absolute Gasteiger partial charge is 0.312 e. The Morgan fingerprint density at radius 3 is 2.77 bits per heavy atom. The first-order chi connectivity index (χ1) is 10.6. The highest BCUT2D eigenvalue weighted by Gasteiger charge is 2.35. The van der Waals surface area contributed by atoms with E-state index in [0.29, 0.717) is 6.54 Å². The zero-order valence-electron chi connectivity index (χ0n) is 12.2. The topological polar surface area (TPSA) is 75.2 Å². The number of nitrogens with one attached hydrogen (secondary N) is 1. The van der Waals surface area contributed by atoms with Gasteiger partial charge < -0.3 is 4.90 Å². The standard InChI is InChI=1S/C16H16N4O2/c1-11-4-2-5-13(8-11)20-10-12(9-14(20)21)15(22)19-16-17-6-3-7-18-16/h2-8,12H,9-10H2,1H3,(H,17,18,19,22)/t12-/m0/s1. The van der Waals surface area contributed by atoms with Crippen LogP contribution in [0.1, 0.15) is 12.0 Å². The number of nitrogens with zero attached hydrogens (tertiary/aromatic N) is 3. The molecule has 3 rings (SSSR count). The van der Waals surface area contributed by atoms with Crippen LogP contribution < -0.4 is 10.2 Å². The molecule has 6 nitrogen and oxygen atoms in total. The second-order valence-corrected chi connectivity index (χ2v) is 5.31. The molecule has 1 aromatic heterocycles. The van der Waals surface area contributed by atoms with E-state index in [1.54, 1.807) is 23.4 Å². The monoisotopic (exact) mass is 296 g/mol. The molecule has 1 fully saturated rings. The van der Waals surface area contributed by atoms with E-state index < -0.39 is 5.92 Å². The van der Waals surface area contributed by atoms with Crippen LogP contribution in [0.5, 0.6) is 0 Å². The molecular formula is C16H16N4O2. The van der Waals surface area contributed by atoms with Gasteiger partial charge in [0, 0.05) is 31.0 Å². The predicted octanol–water partition coefficient (Wildman–Crippen LogP) is 1.78. The van der Waals surface area contributed by atoms with Crippen molar-refractivity contribution in [3.63, 3.8) is 0 Å². The molecule has 0 unspecified atom stereocenters. The minimum Gasteiger partial charge on any atom is -0.312 e. The van der Waals surface area contributed by atoms with Crippen LogP contribution in [0.15, 0.2) is 42.7 Å². The number of carbonyl (C=O) groups excluding carboxylic acids is 2. The molecule has 1 N–H and O–H groups in total. The summed E-state index contributed by atoms with van der Waals surface area (Å²) in [5, 5.41) is 2.65. The number of rotatable bonds is 3. The van der Waals surface area contributed by atoms with Gasteiger partial charge >= 0.3 is 0 Å². The predicted molar refractivity (Wildman–Crippen MR) is 82.3 cm³/mol. The minimum atomic E-state index is -0.392. The number of anilines is 2. The quantitative estimate of drug-likeness (QED) is 0.936. The van der Waals surface area contributed by atoms with Crippen molar-refractivity contribution in [2.45, 2.75) is 13.3 Å². The van der Waals surface area contributed by atoms with Crippen molar-refractivity contribution in [3.8, 4) is 0 Å². The van der Waals surface area contributed by atoms with E-state index in [1.807, 2.05) is 31.2 Å². The van der Waals surface area contributed by atoms with E-state index >= 15 is 0 Å². The molecule has 22 heavy (non-hydrogen) atoms. The van der Waals surface area contributed by atoms with Crippen molar-refractivity contribution in [1.29, 1.82) is 0 Å². The molecular weight excluding hydrogens is 280 g/mol. The number of aryl methyl sites for hydroxylation is 1. The Morgan fingerprint density at radius 1 is 1.27 bits per heavy atom. The summed E-state index contributed by atoms with van der Waals surface area (Å²) < 4.78 is 0. The Labute approximate surface area is 128 Å². The highest BCUT2D eigenvalue weighted by molar-refractivity contribution is 6.03. The van der Waals surface area contributed by atoms with Crippen LogP contribution in [0.4, 0.5) is 11.6 Å². The van der Waals surface area contributed by atoms with E-state index in [2.05, 4.69) is 15.3 Å². The van der Waals surface area contributed by atoms with Gasteiger partial charge in [-0.05, 0) is 30.7 Å². The SMILES string of the molecule is Cc1cccc(N2C[C@@H](C(=O)Nc3ncccn3)CC2=O)c1. The highest BCUT2D eigenvalue weighted by atomic mass is 16.2. The van der Waals surface area contributed by atoms with Crippen molar-refractivity contribution < 1.29 is 9.59 Å². The van der Waals surface area contributed by atoms with E-state index in [4.69, 9.17) is 0 Å². The van der Waals surface area contributed by atoms with Crippen molar-refractivity contribution in [1.82, 2.24) is 9.97 Å². The number of hydrogen-bond donors (Lipinski definition) is 1. The number of amides is 2. The molecule has 1 aliphatic heterocycles. The molecule has 112 valence electrons. The second kappa shape index (κ2) is 5.93. The average molecular weight is 296 g/mol. The minimum absolute atomic E-state index is 0.0419. The Kier molecular flexibility index (Phi) is 3.82. The zero-order chi connectivity index (χ0) is 15.5. The molecule has 0 aliphatic carbocycles. The average Bonchev–Trinajstić information content (AvgIpc) is 2.90. The van der Waals surface area contributed by atoms with Crippen molar-refractivity contribution >= 4 is 23.5 Å². The summed E-state index contributed by atoms with van der Waals surface area (Å²) in [5.74, 6) is -0.403. The molecule has 6 heteroatoms. The van der Waals surface area contributed by atoms with Crippen molar-refractivity contribution in [2.24, 2.45) is 5.92 Å². The van der Waals surface area contributed by atoms with Crippen LogP contribution in [0, 0.1) is 12.8 Å². The van der Waals surface area contributed by atoms with Gasteiger partial charge in [0.05, 0.1) is 5.92 Å². The summed E-state index contributed by atoms with van der Waals surface area (Å²) in [6.07, 6.45) is 3.32. The number of carbonyl (C=O) groups is 2. The molecule has 1 aliphatic rings. The van der Waals surface area contributed by atoms with Gasteiger partial charge in [0.2, 0.25) is 17.8 Å². The Morgan fingerprint density at radius 2 is 2.05 bits per heavy atom. The number of aromatic nitrogens is 2. The third-order valence-corrected chi connectivity index (χ3v) is 3.61. The van der Waals surface area contributed by atoms with Crippen LogP contribution in [0.2, 0.25) is 0 Å². The van der Waals surface area contributed by atoms with Gasteiger partial charge in [-0.15, -0.1) is 0 Å². The lowest BCUT2D eigenvalue weighted by Gasteiger charge is -2.17. The lowest BCUT2D eigenvalue weighted by molar-refractivity contribution is -0.122. The first-order valence-electron chi connectivity index (χ1n) is 7.08. The van der Waals surface area contributed by atoms with Gasteiger partial charge in [0.25, 0.3) is 0 Å². The van der Waals surface area contributed by atoms with E-state index in [1.165, 1.54) is 0 Å². The van der Waals surface area contributed by atoms with Crippen LogP contribution in [-0.2, 0) is 9.59 Å². The third kappa shape index (κ3) is 2.95. The Hall–Kier alpha value is -2.76. The summed E-state index contributed by atoms with van der Waals surface area (Å²) in [6.45, 7) is 2.35. The maximum Gasteiger partial charge on any atom is 0.232 e. The molecule has 1 saturated heterocycles. The van der Waals surface area contributed by atoms with Crippen molar-refractivity contribution in [3.05, 3.63) is 48.3 Å². The molecule has 1 aromatic carbocycles. The lowest BCUT2D eigenvalue weighted by Crippen LogP contribution is -2.28. The highest BCUT2D eigenvalue weighted by Crippen LogP contribution is 2.26. The summed E-state index contributed by atoms with van der Waals surface area (Å²) in [7, 11) is 0. The smallest absolute Gasteiger partial charge is 0.232 e. The molecule has 1 atom stereocenters. The maximum absolute atomic E-state index is 12.2. The van der Waals surface area contributed by atoms with Gasteiger partial charge in [-0.3, -0.25) is 14.9 Å². The molecule has 0 spiro atoms. The molecule has 2 amide bonds. The molecule has 0 bridgehead atoms. The fraction of sp³-hybridized carbons (Fsp3) is 0.250. The summed E-state index contributed by atoms with van der Waals surface area (Å²) in [4.78, 5) is 34.0. The first kappa shape index (κ1) is 14.2. The van der Waals surface area contributed by atoms with Gasteiger partial charge in [-0.2, -0.15) is 0 Å². The zero-order valence-corrected chi connectivity index (χ0v) is 12.2. The van der Waals surface area contributed by atoms with Crippen LogP contribution in [-0.4, -0.2) is 28.3 Å². The van der Waals surface area contributed by atoms with Gasteiger partial charge in [-0.1, -0.05) is 12.1 Å². The fourth-order valence-corrected chi connectivity index (χ4v) is 2.50.